The fourth-order valence-corrected chi connectivity index (χ4v) is 2.24. The Morgan fingerprint density at radius 1 is 1.27 bits per heavy atom. The summed E-state index contributed by atoms with van der Waals surface area (Å²) in [5.74, 6) is -2.10. The Morgan fingerprint density at radius 3 is 2.36 bits per heavy atom. The maximum absolute atomic E-state index is 13.0. The van der Waals surface area contributed by atoms with E-state index in [1.807, 2.05) is 13.8 Å². The molecule has 0 aromatic heterocycles. The van der Waals surface area contributed by atoms with Gasteiger partial charge in [0.05, 0.1) is 17.2 Å². The van der Waals surface area contributed by atoms with Crippen LogP contribution < -0.4 is 5.32 Å². The lowest BCUT2D eigenvalue weighted by Gasteiger charge is -2.21. The number of amides is 1. The van der Waals surface area contributed by atoms with Crippen LogP contribution in [-0.2, 0) is 6.18 Å². The van der Waals surface area contributed by atoms with Crippen LogP contribution in [0.3, 0.4) is 0 Å². The largest absolute Gasteiger partial charge is 0.417 e. The zero-order valence-corrected chi connectivity index (χ0v) is 12.4. The van der Waals surface area contributed by atoms with Gasteiger partial charge in [-0.1, -0.05) is 26.7 Å². The van der Waals surface area contributed by atoms with Gasteiger partial charge in [0.1, 0.15) is 5.82 Å². The maximum Gasteiger partial charge on any atom is 0.417 e. The smallest absolute Gasteiger partial charge is 0.391 e. The topological polar surface area (TPSA) is 49.3 Å². The SMILES string of the molecule is CCC(CC)C(O)CNC(=O)c1ccc(F)cc1C(F)(F)F. The van der Waals surface area contributed by atoms with Crippen molar-refractivity contribution in [1.29, 1.82) is 0 Å². The van der Waals surface area contributed by atoms with Gasteiger partial charge in [0.2, 0.25) is 0 Å². The molecule has 3 nitrogen and oxygen atoms in total. The van der Waals surface area contributed by atoms with Crippen molar-refractivity contribution in [3.05, 3.63) is 35.1 Å². The highest BCUT2D eigenvalue weighted by Gasteiger charge is 2.35. The Kier molecular flexibility index (Phi) is 6.34. The molecule has 0 saturated heterocycles. The van der Waals surface area contributed by atoms with Crippen molar-refractivity contribution in [3.63, 3.8) is 0 Å². The van der Waals surface area contributed by atoms with E-state index in [9.17, 15) is 27.5 Å². The normalized spacial score (nSPS) is 13.3. The van der Waals surface area contributed by atoms with E-state index in [0.29, 0.717) is 12.8 Å². The number of alkyl halides is 3. The molecule has 0 heterocycles. The van der Waals surface area contributed by atoms with Crippen LogP contribution >= 0.6 is 0 Å². The number of rotatable bonds is 6. The Balaban J connectivity index is 2.86. The first-order chi connectivity index (χ1) is 10.2. The number of hydrogen-bond donors (Lipinski definition) is 2. The van der Waals surface area contributed by atoms with Crippen LogP contribution in [0, 0.1) is 11.7 Å². The molecule has 1 unspecified atom stereocenters. The molecule has 1 aromatic carbocycles. The molecule has 0 fully saturated rings. The molecular weight excluding hydrogens is 302 g/mol. The molecule has 22 heavy (non-hydrogen) atoms. The molecule has 0 aliphatic heterocycles. The second-order valence-electron chi connectivity index (χ2n) is 5.04. The van der Waals surface area contributed by atoms with Crippen LogP contribution in [-0.4, -0.2) is 23.7 Å². The van der Waals surface area contributed by atoms with E-state index >= 15 is 0 Å². The van der Waals surface area contributed by atoms with Crippen molar-refractivity contribution in [1.82, 2.24) is 5.32 Å². The van der Waals surface area contributed by atoms with Gasteiger partial charge < -0.3 is 10.4 Å². The van der Waals surface area contributed by atoms with Crippen LogP contribution in [0.15, 0.2) is 18.2 Å². The van der Waals surface area contributed by atoms with Gasteiger partial charge in [-0.05, 0) is 24.1 Å². The third kappa shape index (κ3) is 4.69. The summed E-state index contributed by atoms with van der Waals surface area (Å²) >= 11 is 0. The van der Waals surface area contributed by atoms with Crippen LogP contribution in [0.25, 0.3) is 0 Å². The molecule has 0 radical (unpaired) electrons. The molecule has 1 rings (SSSR count). The number of halogens is 4. The number of aliphatic hydroxyl groups is 1. The van der Waals surface area contributed by atoms with Gasteiger partial charge in [0.25, 0.3) is 5.91 Å². The van der Waals surface area contributed by atoms with Crippen LogP contribution in [0.1, 0.15) is 42.6 Å². The second kappa shape index (κ2) is 7.58. The molecule has 124 valence electrons. The molecule has 1 amide bonds. The summed E-state index contributed by atoms with van der Waals surface area (Å²) < 4.78 is 51.5. The summed E-state index contributed by atoms with van der Waals surface area (Å²) in [5.41, 5.74) is -1.99. The number of carbonyl (C=O) groups excluding carboxylic acids is 1. The zero-order valence-electron chi connectivity index (χ0n) is 12.4. The fraction of sp³-hybridized carbons (Fsp3) is 0.533. The predicted molar refractivity (Wildman–Crippen MR) is 73.8 cm³/mol. The molecule has 0 saturated carbocycles. The highest BCUT2D eigenvalue weighted by atomic mass is 19.4. The minimum absolute atomic E-state index is 0.0457. The summed E-state index contributed by atoms with van der Waals surface area (Å²) in [4.78, 5) is 11.9. The lowest BCUT2D eigenvalue weighted by Crippen LogP contribution is -2.36. The van der Waals surface area contributed by atoms with Gasteiger partial charge in [-0.2, -0.15) is 13.2 Å². The molecule has 1 aromatic rings. The first kappa shape index (κ1) is 18.4. The van der Waals surface area contributed by atoms with Crippen molar-refractivity contribution in [2.75, 3.05) is 6.54 Å². The summed E-state index contributed by atoms with van der Waals surface area (Å²) in [6.45, 7) is 3.60. The van der Waals surface area contributed by atoms with Crippen molar-refractivity contribution in [3.8, 4) is 0 Å². The Bertz CT molecular complexity index is 513. The third-order valence-electron chi connectivity index (χ3n) is 3.60. The van der Waals surface area contributed by atoms with E-state index in [1.54, 1.807) is 0 Å². The highest BCUT2D eigenvalue weighted by Crippen LogP contribution is 2.32. The molecular formula is C15H19F4NO2. The second-order valence-corrected chi connectivity index (χ2v) is 5.04. The van der Waals surface area contributed by atoms with E-state index in [1.165, 1.54) is 0 Å². The van der Waals surface area contributed by atoms with Gasteiger partial charge in [-0.3, -0.25) is 4.79 Å². The van der Waals surface area contributed by atoms with Crippen LogP contribution in [0.4, 0.5) is 17.6 Å². The first-order valence-corrected chi connectivity index (χ1v) is 7.03. The van der Waals surface area contributed by atoms with Crippen molar-refractivity contribution < 1.29 is 27.5 Å². The molecule has 7 heteroatoms. The number of nitrogens with one attached hydrogen (secondary N) is 1. The lowest BCUT2D eigenvalue weighted by molar-refractivity contribution is -0.138. The molecule has 0 bridgehead atoms. The van der Waals surface area contributed by atoms with Crippen molar-refractivity contribution in [2.24, 2.45) is 5.92 Å². The van der Waals surface area contributed by atoms with E-state index < -0.39 is 35.1 Å². The van der Waals surface area contributed by atoms with Crippen LogP contribution in [0.5, 0.6) is 0 Å². The Morgan fingerprint density at radius 2 is 1.86 bits per heavy atom. The number of carbonyl (C=O) groups is 1. The Labute approximate surface area is 126 Å². The minimum atomic E-state index is -4.83. The zero-order chi connectivity index (χ0) is 16.9. The summed E-state index contributed by atoms with van der Waals surface area (Å²) in [6, 6.07) is 1.87. The molecule has 0 aliphatic rings. The van der Waals surface area contributed by atoms with E-state index in [4.69, 9.17) is 0 Å². The predicted octanol–water partition coefficient (Wildman–Crippen LogP) is 3.37. The van der Waals surface area contributed by atoms with Gasteiger partial charge in [0.15, 0.2) is 0 Å². The van der Waals surface area contributed by atoms with Crippen LogP contribution in [0.2, 0.25) is 0 Å². The lowest BCUT2D eigenvalue weighted by atomic mass is 9.96. The highest BCUT2D eigenvalue weighted by molar-refractivity contribution is 5.95. The van der Waals surface area contributed by atoms with Crippen molar-refractivity contribution in [2.45, 2.75) is 39.0 Å². The van der Waals surface area contributed by atoms with Gasteiger partial charge in [0, 0.05) is 6.54 Å². The first-order valence-electron chi connectivity index (χ1n) is 7.03. The number of hydrogen-bond acceptors (Lipinski definition) is 2. The third-order valence-corrected chi connectivity index (χ3v) is 3.60. The van der Waals surface area contributed by atoms with E-state index in [2.05, 4.69) is 5.32 Å². The fourth-order valence-electron chi connectivity index (χ4n) is 2.24. The monoisotopic (exact) mass is 321 g/mol. The molecule has 1 atom stereocenters. The van der Waals surface area contributed by atoms with Crippen molar-refractivity contribution >= 4 is 5.91 Å². The van der Waals surface area contributed by atoms with Gasteiger partial charge in [-0.15, -0.1) is 0 Å². The van der Waals surface area contributed by atoms with E-state index in [0.717, 1.165) is 12.1 Å². The number of aliphatic hydroxyl groups excluding tert-OH is 1. The van der Waals surface area contributed by atoms with E-state index in [-0.39, 0.29) is 18.5 Å². The summed E-state index contributed by atoms with van der Waals surface area (Å²) in [7, 11) is 0. The van der Waals surface area contributed by atoms with Gasteiger partial charge in [-0.25, -0.2) is 4.39 Å². The summed E-state index contributed by atoms with van der Waals surface area (Å²) in [5, 5.41) is 12.1. The Hall–Kier alpha value is -1.63. The molecule has 0 aliphatic carbocycles. The summed E-state index contributed by atoms with van der Waals surface area (Å²) in [6.07, 6.45) is -4.29. The average Bonchev–Trinajstić information content (AvgIpc) is 2.45. The standard InChI is InChI=1S/C15H19F4NO2/c1-3-9(4-2)13(21)8-20-14(22)11-6-5-10(16)7-12(11)15(17,18)19/h5-7,9,13,21H,3-4,8H2,1-2H3,(H,20,22). The molecule has 0 spiro atoms. The average molecular weight is 321 g/mol. The molecule has 2 N–H and O–H groups in total. The quantitative estimate of drug-likeness (QED) is 0.789. The van der Waals surface area contributed by atoms with Gasteiger partial charge >= 0.3 is 6.18 Å². The minimum Gasteiger partial charge on any atom is -0.391 e. The maximum atomic E-state index is 13.0. The number of benzene rings is 1.